The summed E-state index contributed by atoms with van der Waals surface area (Å²) in [4.78, 5) is 4.73. The number of hydrogen-bond donors (Lipinski definition) is 0. The van der Waals surface area contributed by atoms with Crippen molar-refractivity contribution in [2.24, 2.45) is 0 Å². The molecule has 0 saturated heterocycles. The van der Waals surface area contributed by atoms with Crippen molar-refractivity contribution in [2.45, 2.75) is 38.9 Å². The lowest BCUT2D eigenvalue weighted by Gasteiger charge is -2.28. The zero-order chi connectivity index (χ0) is 40.8. The maximum absolute atomic E-state index is 7.04. The Labute approximate surface area is 352 Å². The third kappa shape index (κ3) is 5.70. The van der Waals surface area contributed by atoms with E-state index < -0.39 is 8.07 Å². The molecule has 60 heavy (non-hydrogen) atoms. The highest BCUT2D eigenvalue weighted by Crippen LogP contribution is 2.51. The predicted octanol–water partition coefficient (Wildman–Crippen LogP) is 15.7. The standard InChI is InChI=1S/C56H46N2OSi/c1-56(2)51-23-15-14-21-45(51)46-31-26-41(35-52(46)56)58(38-18-10-7-11-19-38)40-27-32-48-50(34-40)44-20-12-13-22-47(44)54-49-33-28-42(36-53(49)59-55(48)54)57(37-16-8-6-9-17-37)39-24-29-43(30-25-39)60(3,4)5/h6-36H,1-5H3. The Balaban J connectivity index is 1.08. The molecular weight excluding hydrogens is 745 g/mol. The van der Waals surface area contributed by atoms with Gasteiger partial charge in [0, 0.05) is 61.8 Å². The van der Waals surface area contributed by atoms with Crippen molar-refractivity contribution < 1.29 is 4.42 Å². The molecule has 0 amide bonds. The van der Waals surface area contributed by atoms with Crippen LogP contribution in [0.25, 0.3) is 54.6 Å². The molecule has 4 heteroatoms. The molecule has 290 valence electrons. The first kappa shape index (κ1) is 36.2. The second-order valence-corrected chi connectivity index (χ2v) is 22.9. The number of anilines is 6. The Hall–Kier alpha value is -6.88. The third-order valence-electron chi connectivity index (χ3n) is 12.8. The Morgan fingerprint density at radius 2 is 0.917 bits per heavy atom. The summed E-state index contributed by atoms with van der Waals surface area (Å²) in [5.74, 6) is 0. The molecule has 10 aromatic rings. The highest BCUT2D eigenvalue weighted by molar-refractivity contribution is 6.88. The molecule has 0 bridgehead atoms. The first-order valence-electron chi connectivity index (χ1n) is 21.0. The van der Waals surface area contributed by atoms with Gasteiger partial charge in [0.1, 0.15) is 11.2 Å². The normalized spacial score (nSPS) is 13.2. The van der Waals surface area contributed by atoms with E-state index in [4.69, 9.17) is 4.42 Å². The highest BCUT2D eigenvalue weighted by atomic mass is 28.3. The van der Waals surface area contributed by atoms with E-state index in [0.29, 0.717) is 0 Å². The molecule has 9 aromatic carbocycles. The molecular formula is C56H46N2OSi. The summed E-state index contributed by atoms with van der Waals surface area (Å²) in [6, 6.07) is 68.8. The van der Waals surface area contributed by atoms with Crippen LogP contribution in [0.1, 0.15) is 25.0 Å². The van der Waals surface area contributed by atoms with E-state index in [9.17, 15) is 0 Å². The minimum atomic E-state index is -1.45. The molecule has 0 unspecified atom stereocenters. The molecule has 0 N–H and O–H groups in total. The zero-order valence-electron chi connectivity index (χ0n) is 34.7. The van der Waals surface area contributed by atoms with Crippen LogP contribution >= 0.6 is 0 Å². The maximum atomic E-state index is 7.04. The van der Waals surface area contributed by atoms with E-state index in [1.807, 2.05) is 0 Å². The van der Waals surface area contributed by atoms with Crippen LogP contribution in [0.2, 0.25) is 19.6 Å². The molecule has 1 heterocycles. The van der Waals surface area contributed by atoms with Crippen LogP contribution < -0.4 is 15.0 Å². The van der Waals surface area contributed by atoms with Gasteiger partial charge in [-0.15, -0.1) is 0 Å². The van der Waals surface area contributed by atoms with Crippen LogP contribution in [0.3, 0.4) is 0 Å². The van der Waals surface area contributed by atoms with Gasteiger partial charge in [0.15, 0.2) is 0 Å². The lowest BCUT2D eigenvalue weighted by molar-refractivity contribution is 0.660. The highest BCUT2D eigenvalue weighted by Gasteiger charge is 2.36. The summed E-state index contributed by atoms with van der Waals surface area (Å²) in [5, 5.41) is 8.38. The van der Waals surface area contributed by atoms with Crippen molar-refractivity contribution in [1.29, 1.82) is 0 Å². The van der Waals surface area contributed by atoms with Gasteiger partial charge in [-0.05, 0) is 117 Å². The van der Waals surface area contributed by atoms with Gasteiger partial charge in [-0.2, -0.15) is 0 Å². The summed E-state index contributed by atoms with van der Waals surface area (Å²) in [5.41, 5.74) is 13.7. The van der Waals surface area contributed by atoms with Crippen LogP contribution in [0.4, 0.5) is 34.1 Å². The number of para-hydroxylation sites is 2. The first-order valence-corrected chi connectivity index (χ1v) is 24.5. The van der Waals surface area contributed by atoms with Gasteiger partial charge in [-0.25, -0.2) is 0 Å². The molecule has 1 aliphatic carbocycles. The van der Waals surface area contributed by atoms with Crippen molar-refractivity contribution in [1.82, 2.24) is 0 Å². The number of fused-ring (bicyclic) bond motifs is 11. The van der Waals surface area contributed by atoms with Crippen LogP contribution in [-0.2, 0) is 5.41 Å². The lowest BCUT2D eigenvalue weighted by atomic mass is 9.82. The topological polar surface area (TPSA) is 19.6 Å². The number of hydrogen-bond acceptors (Lipinski definition) is 3. The number of rotatable bonds is 7. The van der Waals surface area contributed by atoms with Gasteiger partial charge in [0.25, 0.3) is 0 Å². The van der Waals surface area contributed by atoms with Crippen LogP contribution in [0.5, 0.6) is 0 Å². The van der Waals surface area contributed by atoms with E-state index in [1.165, 1.54) is 38.2 Å². The van der Waals surface area contributed by atoms with Crippen LogP contribution in [0.15, 0.2) is 192 Å². The van der Waals surface area contributed by atoms with E-state index in [0.717, 1.165) is 66.8 Å². The second kappa shape index (κ2) is 13.6. The second-order valence-electron chi connectivity index (χ2n) is 17.8. The summed E-state index contributed by atoms with van der Waals surface area (Å²) >= 11 is 0. The fraction of sp³-hybridized carbons (Fsp3) is 0.107. The Bertz CT molecular complexity index is 3270. The van der Waals surface area contributed by atoms with Gasteiger partial charge in [-0.1, -0.05) is 142 Å². The molecule has 1 aliphatic rings. The van der Waals surface area contributed by atoms with Crippen molar-refractivity contribution in [2.75, 3.05) is 9.80 Å². The maximum Gasteiger partial charge on any atom is 0.143 e. The average molecular weight is 791 g/mol. The lowest BCUT2D eigenvalue weighted by Crippen LogP contribution is -2.37. The Morgan fingerprint density at radius 1 is 0.400 bits per heavy atom. The summed E-state index contributed by atoms with van der Waals surface area (Å²) in [6.07, 6.45) is 0. The molecule has 11 rings (SSSR count). The van der Waals surface area contributed by atoms with Gasteiger partial charge >= 0.3 is 0 Å². The molecule has 0 saturated carbocycles. The predicted molar refractivity (Wildman–Crippen MR) is 259 cm³/mol. The number of benzene rings is 9. The summed E-state index contributed by atoms with van der Waals surface area (Å²) in [6.45, 7) is 11.9. The third-order valence-corrected chi connectivity index (χ3v) is 14.8. The van der Waals surface area contributed by atoms with Crippen molar-refractivity contribution >= 4 is 90.9 Å². The minimum Gasteiger partial charge on any atom is -0.455 e. The Kier molecular flexibility index (Phi) is 8.20. The fourth-order valence-electron chi connectivity index (χ4n) is 9.70. The van der Waals surface area contributed by atoms with Crippen LogP contribution in [-0.4, -0.2) is 8.07 Å². The molecule has 3 nitrogen and oxygen atoms in total. The SMILES string of the molecule is CC1(C)c2ccccc2-c2ccc(N(c3ccccc3)c3ccc4c(c3)c3ccccc3c3c5ccc(N(c6ccccc6)c6ccc([Si](C)(C)C)cc6)cc5oc43)cc21. The molecule has 0 atom stereocenters. The fourth-order valence-corrected chi connectivity index (χ4v) is 10.9. The molecule has 0 fully saturated rings. The average Bonchev–Trinajstić information content (AvgIpc) is 3.77. The molecule has 0 aliphatic heterocycles. The van der Waals surface area contributed by atoms with Crippen molar-refractivity contribution in [3.8, 4) is 11.1 Å². The van der Waals surface area contributed by atoms with E-state index in [-0.39, 0.29) is 5.41 Å². The molecule has 1 aromatic heterocycles. The van der Waals surface area contributed by atoms with Gasteiger partial charge in [0.05, 0.1) is 8.07 Å². The van der Waals surface area contributed by atoms with E-state index >= 15 is 0 Å². The van der Waals surface area contributed by atoms with Gasteiger partial charge in [0.2, 0.25) is 0 Å². The first-order chi connectivity index (χ1) is 29.1. The molecule has 0 spiro atoms. The number of nitrogens with zero attached hydrogens (tertiary/aromatic N) is 2. The van der Waals surface area contributed by atoms with Gasteiger partial charge < -0.3 is 14.2 Å². The van der Waals surface area contributed by atoms with Crippen molar-refractivity contribution in [3.63, 3.8) is 0 Å². The summed E-state index contributed by atoms with van der Waals surface area (Å²) in [7, 11) is -1.45. The zero-order valence-corrected chi connectivity index (χ0v) is 35.7. The number of furan rings is 1. The Morgan fingerprint density at radius 3 is 1.62 bits per heavy atom. The van der Waals surface area contributed by atoms with E-state index in [1.54, 1.807) is 0 Å². The largest absolute Gasteiger partial charge is 0.455 e. The quantitative estimate of drug-likeness (QED) is 0.118. The smallest absolute Gasteiger partial charge is 0.143 e. The monoisotopic (exact) mass is 790 g/mol. The van der Waals surface area contributed by atoms with Crippen molar-refractivity contribution in [3.05, 3.63) is 199 Å². The van der Waals surface area contributed by atoms with Gasteiger partial charge in [-0.3, -0.25) is 0 Å². The molecule has 0 radical (unpaired) electrons. The minimum absolute atomic E-state index is 0.104. The van der Waals surface area contributed by atoms with Crippen LogP contribution in [0, 0.1) is 0 Å². The summed E-state index contributed by atoms with van der Waals surface area (Å²) < 4.78 is 7.04. The van der Waals surface area contributed by atoms with E-state index in [2.05, 4.69) is 231 Å².